The van der Waals surface area contributed by atoms with Crippen LogP contribution < -0.4 is 15.5 Å². The quantitative estimate of drug-likeness (QED) is 0.483. The van der Waals surface area contributed by atoms with E-state index in [-0.39, 0.29) is 6.54 Å². The summed E-state index contributed by atoms with van der Waals surface area (Å²) in [5, 5.41) is 9.01. The number of benzene rings is 2. The van der Waals surface area contributed by atoms with Gasteiger partial charge in [-0.2, -0.15) is 0 Å². The van der Waals surface area contributed by atoms with Gasteiger partial charge in [-0.3, -0.25) is 0 Å². The van der Waals surface area contributed by atoms with Gasteiger partial charge in [-0.05, 0) is 0 Å². The zero-order valence-electron chi connectivity index (χ0n) is 14.3. The third-order valence-corrected chi connectivity index (χ3v) is 10.9. The molecule has 1 N–H and O–H groups in total. The number of anilines is 1. The zero-order chi connectivity index (χ0) is 17.0. The molecule has 0 unspecified atom stereocenters. The van der Waals surface area contributed by atoms with Crippen molar-refractivity contribution >= 4 is 23.5 Å². The standard InChI is InChI=1S/C10H12NO2.C8H10N.Hg/c1-11(2,8-10(12)13)9-6-4-3-5-7-9;1-9(2)8-6-4-3-5-7-8;/h4-7H,8H2,1-2H3;4-7H,1-2H3;/p+1. The summed E-state index contributed by atoms with van der Waals surface area (Å²) >= 11 is -1.32. The fourth-order valence-electron chi connectivity index (χ4n) is 2.59. The van der Waals surface area contributed by atoms with Crippen LogP contribution in [0.15, 0.2) is 48.5 Å². The molecule has 0 aromatic heterocycles. The minimum atomic E-state index is -1.32. The number of nitrogens with zero attached hydrogens (tertiary/aromatic N) is 2. The summed E-state index contributed by atoms with van der Waals surface area (Å²) in [6.07, 6.45) is 0. The van der Waals surface area contributed by atoms with Gasteiger partial charge in [0, 0.05) is 0 Å². The first-order valence-corrected chi connectivity index (χ1v) is 13.2. The first-order chi connectivity index (χ1) is 10.8. The first-order valence-electron chi connectivity index (χ1n) is 7.68. The van der Waals surface area contributed by atoms with Crippen LogP contribution in [0.1, 0.15) is 0 Å². The molecule has 0 saturated heterocycles. The van der Waals surface area contributed by atoms with Crippen LogP contribution in [0.5, 0.6) is 0 Å². The second-order valence-corrected chi connectivity index (χ2v) is 14.4. The summed E-state index contributed by atoms with van der Waals surface area (Å²) in [5.74, 6) is -0.778. The molecule has 2 aromatic carbocycles. The van der Waals surface area contributed by atoms with Gasteiger partial charge in [-0.1, -0.05) is 0 Å². The van der Waals surface area contributed by atoms with E-state index in [0.717, 1.165) is 5.69 Å². The van der Waals surface area contributed by atoms with Crippen molar-refractivity contribution in [2.24, 2.45) is 0 Å². The molecule has 118 valence electrons. The molecule has 0 amide bonds. The van der Waals surface area contributed by atoms with Crippen molar-refractivity contribution < 1.29 is 34.5 Å². The van der Waals surface area contributed by atoms with Crippen LogP contribution in [0.25, 0.3) is 0 Å². The van der Waals surface area contributed by atoms with Crippen molar-refractivity contribution in [2.75, 3.05) is 39.6 Å². The Balaban J connectivity index is 2.09. The van der Waals surface area contributed by atoms with E-state index in [4.69, 9.17) is 5.11 Å². The van der Waals surface area contributed by atoms with Gasteiger partial charge in [0.25, 0.3) is 0 Å². The molecule has 0 aliphatic rings. The van der Waals surface area contributed by atoms with E-state index in [9.17, 15) is 4.79 Å². The molecular weight excluding hydrogens is 477 g/mol. The number of rotatable bonds is 6. The van der Waals surface area contributed by atoms with Crippen molar-refractivity contribution in [3.63, 3.8) is 0 Å². The van der Waals surface area contributed by atoms with Crippen molar-refractivity contribution in [2.45, 2.75) is 0 Å². The second kappa shape index (κ2) is 7.45. The van der Waals surface area contributed by atoms with E-state index in [1.54, 1.807) is 0 Å². The Labute approximate surface area is 150 Å². The SMILES string of the molecule is CN(C)c1cc[c]([Hg][c]2ccc([N+](C)(C)CC(=O)O)cc2)cc1. The van der Waals surface area contributed by atoms with Gasteiger partial charge in [-0.15, -0.1) is 0 Å². The van der Waals surface area contributed by atoms with E-state index in [0.29, 0.717) is 4.48 Å². The van der Waals surface area contributed by atoms with Gasteiger partial charge >= 0.3 is 151 Å². The molecule has 0 radical (unpaired) electrons. The van der Waals surface area contributed by atoms with E-state index in [1.165, 1.54) is 11.8 Å². The molecule has 0 aliphatic heterocycles. The molecule has 2 aromatic rings. The summed E-state index contributed by atoms with van der Waals surface area (Å²) in [7, 11) is 7.95. The van der Waals surface area contributed by atoms with Crippen molar-refractivity contribution in [3.05, 3.63) is 48.5 Å². The molecule has 0 aliphatic carbocycles. The minimum absolute atomic E-state index is 0.0929. The van der Waals surface area contributed by atoms with Crippen LogP contribution in [-0.2, 0) is 29.4 Å². The number of likely N-dealkylation sites (N-methyl/N-ethyl adjacent to an activating group) is 1. The van der Waals surface area contributed by atoms with Crippen LogP contribution in [0, 0.1) is 0 Å². The van der Waals surface area contributed by atoms with Crippen LogP contribution in [0.3, 0.4) is 0 Å². The Morgan fingerprint density at radius 3 is 1.91 bits per heavy atom. The normalized spacial score (nSPS) is 11.0. The third kappa shape index (κ3) is 5.04. The molecular formula is C18H23HgN2O2+. The topological polar surface area (TPSA) is 40.5 Å². The molecule has 0 atom stereocenters. The maximum absolute atomic E-state index is 11.0. The molecule has 0 spiro atoms. The van der Waals surface area contributed by atoms with Crippen molar-refractivity contribution in [1.29, 1.82) is 0 Å². The molecule has 2 rings (SSSR count). The van der Waals surface area contributed by atoms with E-state index in [1.807, 2.05) is 14.1 Å². The van der Waals surface area contributed by atoms with Gasteiger partial charge in [0.05, 0.1) is 0 Å². The summed E-state index contributed by atoms with van der Waals surface area (Å²) in [5.41, 5.74) is 2.26. The van der Waals surface area contributed by atoms with Crippen molar-refractivity contribution in [3.8, 4) is 0 Å². The van der Waals surface area contributed by atoms with E-state index in [2.05, 4.69) is 67.5 Å². The number of carboxylic acids is 1. The number of hydrogen-bond acceptors (Lipinski definition) is 2. The third-order valence-electron chi connectivity index (χ3n) is 4.03. The van der Waals surface area contributed by atoms with E-state index >= 15 is 0 Å². The molecule has 0 fully saturated rings. The van der Waals surface area contributed by atoms with Gasteiger partial charge in [0.1, 0.15) is 0 Å². The van der Waals surface area contributed by atoms with Gasteiger partial charge in [0.15, 0.2) is 0 Å². The zero-order valence-corrected chi connectivity index (χ0v) is 19.8. The predicted molar refractivity (Wildman–Crippen MR) is 92.6 cm³/mol. The Kier molecular flexibility index (Phi) is 5.81. The Hall–Kier alpha value is -1.39. The van der Waals surface area contributed by atoms with Crippen molar-refractivity contribution in [1.82, 2.24) is 4.48 Å². The van der Waals surface area contributed by atoms with Gasteiger partial charge in [0.2, 0.25) is 0 Å². The van der Waals surface area contributed by atoms with Crippen LogP contribution in [0.4, 0.5) is 11.4 Å². The molecule has 5 heteroatoms. The maximum atomic E-state index is 11.0. The number of carboxylic acid groups (broad SMARTS) is 1. The van der Waals surface area contributed by atoms with Gasteiger partial charge in [-0.25, -0.2) is 0 Å². The van der Waals surface area contributed by atoms with Crippen LogP contribution >= 0.6 is 0 Å². The predicted octanol–water partition coefficient (Wildman–Crippen LogP) is 1.44. The molecule has 0 heterocycles. The Bertz CT molecular complexity index is 664. The van der Waals surface area contributed by atoms with E-state index < -0.39 is 30.5 Å². The average Bonchev–Trinajstić information content (AvgIpc) is 2.47. The number of quaternary nitrogens is 1. The fourth-order valence-corrected chi connectivity index (χ4v) is 8.09. The number of aliphatic carboxylic acids is 1. The molecule has 0 saturated carbocycles. The average molecular weight is 500 g/mol. The summed E-state index contributed by atoms with van der Waals surface area (Å²) in [6, 6.07) is 17.4. The number of carbonyl (C=O) groups is 1. The fraction of sp³-hybridized carbons (Fsp3) is 0.278. The molecule has 4 nitrogen and oxygen atoms in total. The first kappa shape index (κ1) is 18.0. The number of hydrogen-bond donors (Lipinski definition) is 1. The molecule has 23 heavy (non-hydrogen) atoms. The van der Waals surface area contributed by atoms with Crippen LogP contribution in [-0.4, -0.2) is 45.8 Å². The monoisotopic (exact) mass is 501 g/mol. The Morgan fingerprint density at radius 2 is 1.48 bits per heavy atom. The van der Waals surface area contributed by atoms with Crippen LogP contribution in [0.2, 0.25) is 0 Å². The van der Waals surface area contributed by atoms with Gasteiger partial charge < -0.3 is 0 Å². The summed E-state index contributed by atoms with van der Waals surface area (Å²) in [6.45, 7) is 0.0929. The summed E-state index contributed by atoms with van der Waals surface area (Å²) < 4.78 is 3.30. The summed E-state index contributed by atoms with van der Waals surface area (Å²) in [4.78, 5) is 13.1. The molecule has 0 bridgehead atoms. The second-order valence-electron chi connectivity index (χ2n) is 6.64. The Morgan fingerprint density at radius 1 is 1.00 bits per heavy atom.